The van der Waals surface area contributed by atoms with Crippen molar-refractivity contribution in [3.05, 3.63) is 52.6 Å². The van der Waals surface area contributed by atoms with Crippen molar-refractivity contribution < 1.29 is 9.26 Å². The maximum atomic E-state index is 5.97. The first kappa shape index (κ1) is 15.1. The molecule has 0 N–H and O–H groups in total. The Bertz CT molecular complexity index is 911. The highest BCUT2D eigenvalue weighted by Crippen LogP contribution is 2.42. The molecule has 24 heavy (non-hydrogen) atoms. The number of hydrogen-bond acceptors (Lipinski definition) is 6. The molecule has 0 amide bonds. The van der Waals surface area contributed by atoms with Crippen LogP contribution in [0.3, 0.4) is 0 Å². The summed E-state index contributed by atoms with van der Waals surface area (Å²) in [5.41, 5.74) is 1.32. The number of nitrogens with zero attached hydrogens (tertiary/aromatic N) is 4. The summed E-state index contributed by atoms with van der Waals surface area (Å²) in [5.74, 6) is 2.14. The van der Waals surface area contributed by atoms with Crippen molar-refractivity contribution in [2.75, 3.05) is 6.61 Å². The Kier molecular flexibility index (Phi) is 3.49. The third kappa shape index (κ3) is 2.34. The zero-order valence-corrected chi connectivity index (χ0v) is 14.0. The number of hydrogen-bond donors (Lipinski definition) is 0. The molecule has 0 saturated carbocycles. The monoisotopic (exact) mass is 342 g/mol. The van der Waals surface area contributed by atoms with Gasteiger partial charge >= 0.3 is 0 Å². The molecule has 0 spiro atoms. The number of benzene rings is 1. The van der Waals surface area contributed by atoms with Gasteiger partial charge in [0.25, 0.3) is 0 Å². The van der Waals surface area contributed by atoms with E-state index in [2.05, 4.69) is 27.0 Å². The van der Waals surface area contributed by atoms with E-state index in [0.29, 0.717) is 34.9 Å². The summed E-state index contributed by atoms with van der Waals surface area (Å²) in [6.07, 6.45) is 2.30. The smallest absolute Gasteiger partial charge is 0.240 e. The molecule has 1 atom stereocenters. The molecule has 1 aromatic carbocycles. The maximum Gasteiger partial charge on any atom is 0.240 e. The maximum absolute atomic E-state index is 5.97. The second kappa shape index (κ2) is 5.56. The molecule has 1 aliphatic heterocycles. The molecule has 0 radical (unpaired) electrons. The predicted octanol–water partition coefficient (Wildman–Crippen LogP) is 3.58. The zero-order valence-electron chi connectivity index (χ0n) is 13.3. The van der Waals surface area contributed by atoms with Gasteiger partial charge in [0, 0.05) is 11.8 Å². The number of aryl methyl sites for hydroxylation is 1. The van der Waals surface area contributed by atoms with Gasteiger partial charge in [-0.3, -0.25) is 0 Å². The fourth-order valence-electron chi connectivity index (χ4n) is 2.87. The average Bonchev–Trinajstić information content (AvgIpc) is 3.09. The highest BCUT2D eigenvalue weighted by atomic mass is 35.5. The minimum absolute atomic E-state index is 0.356. The fourth-order valence-corrected chi connectivity index (χ4v) is 2.96. The molecule has 2 aromatic heterocycles. The molecule has 122 valence electrons. The summed E-state index contributed by atoms with van der Waals surface area (Å²) >= 11 is 5.97. The molecule has 3 aromatic rings. The van der Waals surface area contributed by atoms with Crippen LogP contribution < -0.4 is 4.74 Å². The van der Waals surface area contributed by atoms with Gasteiger partial charge in [-0.05, 0) is 26.3 Å². The Balaban J connectivity index is 1.76. The lowest BCUT2D eigenvalue weighted by Crippen LogP contribution is -2.31. The summed E-state index contributed by atoms with van der Waals surface area (Å²) in [7, 11) is 0. The topological polar surface area (TPSA) is 73.9 Å². The van der Waals surface area contributed by atoms with Crippen molar-refractivity contribution in [2.24, 2.45) is 0 Å². The average molecular weight is 343 g/mol. The Hall–Kier alpha value is -2.47. The van der Waals surface area contributed by atoms with E-state index in [-0.39, 0.29) is 0 Å². The molecule has 0 bridgehead atoms. The molecule has 6 nitrogen and oxygen atoms in total. The standard InChI is InChI=1S/C17H15ClN4O2/c1-10-12(18)9-19-14(20-10)15-21-16(24-22-15)17(2)7-8-23-13-6-4-3-5-11(13)17/h3-6,9H,7-8H2,1-2H3. The molecule has 4 rings (SSSR count). The van der Waals surface area contributed by atoms with E-state index in [1.807, 2.05) is 31.2 Å². The van der Waals surface area contributed by atoms with Gasteiger partial charge in [0.1, 0.15) is 5.75 Å². The first-order valence-electron chi connectivity index (χ1n) is 7.64. The molecule has 3 heterocycles. The lowest BCUT2D eigenvalue weighted by Gasteiger charge is -2.32. The molecule has 1 unspecified atom stereocenters. The highest BCUT2D eigenvalue weighted by molar-refractivity contribution is 6.31. The van der Waals surface area contributed by atoms with E-state index in [1.54, 1.807) is 6.20 Å². The van der Waals surface area contributed by atoms with Crippen molar-refractivity contribution in [3.63, 3.8) is 0 Å². The Morgan fingerprint density at radius 3 is 2.83 bits per heavy atom. The summed E-state index contributed by atoms with van der Waals surface area (Å²) in [6.45, 7) is 4.49. The largest absolute Gasteiger partial charge is 0.493 e. The molecule has 0 aliphatic carbocycles. The summed E-state index contributed by atoms with van der Waals surface area (Å²) in [6, 6.07) is 7.92. The lowest BCUT2D eigenvalue weighted by molar-refractivity contribution is 0.212. The van der Waals surface area contributed by atoms with Gasteiger partial charge in [-0.25, -0.2) is 9.97 Å². The van der Waals surface area contributed by atoms with Gasteiger partial charge in [-0.1, -0.05) is 35.0 Å². The van der Waals surface area contributed by atoms with Crippen molar-refractivity contribution in [3.8, 4) is 17.4 Å². The van der Waals surface area contributed by atoms with E-state index < -0.39 is 5.41 Å². The molecule has 0 fully saturated rings. The third-order valence-corrected chi connectivity index (χ3v) is 4.73. The number of fused-ring (bicyclic) bond motifs is 1. The second-order valence-corrected chi connectivity index (χ2v) is 6.38. The van der Waals surface area contributed by atoms with Gasteiger partial charge in [-0.15, -0.1) is 0 Å². The van der Waals surface area contributed by atoms with Crippen LogP contribution in [0.4, 0.5) is 0 Å². The molecule has 7 heteroatoms. The van der Waals surface area contributed by atoms with Crippen molar-refractivity contribution in [1.82, 2.24) is 20.1 Å². The van der Waals surface area contributed by atoms with Crippen LogP contribution in [0.5, 0.6) is 5.75 Å². The Labute approximate surface area is 143 Å². The normalized spacial score (nSPS) is 19.6. The minimum atomic E-state index is -0.401. The summed E-state index contributed by atoms with van der Waals surface area (Å²) in [5, 5.41) is 4.56. The Morgan fingerprint density at radius 1 is 1.17 bits per heavy atom. The molecular weight excluding hydrogens is 328 g/mol. The van der Waals surface area contributed by atoms with E-state index in [0.717, 1.165) is 17.7 Å². The van der Waals surface area contributed by atoms with Gasteiger partial charge in [0.15, 0.2) is 0 Å². The van der Waals surface area contributed by atoms with Gasteiger partial charge < -0.3 is 9.26 Å². The number of aromatic nitrogens is 4. The van der Waals surface area contributed by atoms with E-state index in [9.17, 15) is 0 Å². The van der Waals surface area contributed by atoms with Crippen molar-refractivity contribution >= 4 is 11.6 Å². The van der Waals surface area contributed by atoms with Gasteiger partial charge in [0.2, 0.25) is 17.5 Å². The fraction of sp³-hybridized carbons (Fsp3) is 0.294. The third-order valence-electron chi connectivity index (χ3n) is 4.36. The van der Waals surface area contributed by atoms with Gasteiger partial charge in [0.05, 0.1) is 22.7 Å². The van der Waals surface area contributed by atoms with Crippen LogP contribution in [-0.2, 0) is 5.41 Å². The molecule has 1 aliphatic rings. The van der Waals surface area contributed by atoms with Crippen LogP contribution in [-0.4, -0.2) is 26.7 Å². The van der Waals surface area contributed by atoms with Crippen LogP contribution >= 0.6 is 11.6 Å². The molecule has 0 saturated heterocycles. The van der Waals surface area contributed by atoms with Gasteiger partial charge in [-0.2, -0.15) is 4.98 Å². The highest BCUT2D eigenvalue weighted by Gasteiger charge is 2.40. The minimum Gasteiger partial charge on any atom is -0.493 e. The van der Waals surface area contributed by atoms with E-state index in [4.69, 9.17) is 20.9 Å². The van der Waals surface area contributed by atoms with E-state index >= 15 is 0 Å². The number of para-hydroxylation sites is 1. The zero-order chi connectivity index (χ0) is 16.7. The summed E-state index contributed by atoms with van der Waals surface area (Å²) in [4.78, 5) is 13.0. The SMILES string of the molecule is Cc1nc(-c2noc(C3(C)CCOc4ccccc43)n2)ncc1Cl. The van der Waals surface area contributed by atoms with Crippen LogP contribution in [0, 0.1) is 6.92 Å². The number of halogens is 1. The number of rotatable bonds is 2. The Morgan fingerprint density at radius 2 is 2.00 bits per heavy atom. The first-order valence-corrected chi connectivity index (χ1v) is 8.02. The van der Waals surface area contributed by atoms with Crippen molar-refractivity contribution in [1.29, 1.82) is 0 Å². The lowest BCUT2D eigenvalue weighted by atomic mass is 9.77. The first-order chi connectivity index (χ1) is 11.6. The van der Waals surface area contributed by atoms with Crippen LogP contribution in [0.15, 0.2) is 35.0 Å². The van der Waals surface area contributed by atoms with Crippen molar-refractivity contribution in [2.45, 2.75) is 25.7 Å². The van der Waals surface area contributed by atoms with Crippen LogP contribution in [0.2, 0.25) is 5.02 Å². The van der Waals surface area contributed by atoms with E-state index in [1.165, 1.54) is 0 Å². The number of ether oxygens (including phenoxy) is 1. The van der Waals surface area contributed by atoms with Crippen LogP contribution in [0.25, 0.3) is 11.6 Å². The predicted molar refractivity (Wildman–Crippen MR) is 88.1 cm³/mol. The molecular formula is C17H15ClN4O2. The summed E-state index contributed by atoms with van der Waals surface area (Å²) < 4.78 is 11.3. The van der Waals surface area contributed by atoms with Crippen LogP contribution in [0.1, 0.15) is 30.5 Å². The second-order valence-electron chi connectivity index (χ2n) is 5.98. The quantitative estimate of drug-likeness (QED) is 0.708.